The summed E-state index contributed by atoms with van der Waals surface area (Å²) in [6.45, 7) is 5.97. The Hall–Kier alpha value is -3.26. The van der Waals surface area contributed by atoms with E-state index in [4.69, 9.17) is 9.72 Å². The van der Waals surface area contributed by atoms with Crippen molar-refractivity contribution in [3.63, 3.8) is 0 Å². The Labute approximate surface area is 181 Å². The molecule has 0 unspecified atom stereocenters. The van der Waals surface area contributed by atoms with Gasteiger partial charge in [0.15, 0.2) is 0 Å². The van der Waals surface area contributed by atoms with E-state index < -0.39 is 6.10 Å². The Balaban J connectivity index is 1.63. The number of carbonyl (C=O) groups excluding carboxylic acids is 2. The van der Waals surface area contributed by atoms with E-state index in [2.05, 4.69) is 24.3 Å². The molecule has 31 heavy (non-hydrogen) atoms. The lowest BCUT2D eigenvalue weighted by Crippen LogP contribution is -2.43. The molecule has 8 nitrogen and oxygen atoms in total. The predicted molar refractivity (Wildman–Crippen MR) is 117 cm³/mol. The van der Waals surface area contributed by atoms with Crippen molar-refractivity contribution in [3.05, 3.63) is 59.5 Å². The summed E-state index contributed by atoms with van der Waals surface area (Å²) in [5.41, 5.74) is 2.48. The van der Waals surface area contributed by atoms with E-state index in [0.717, 1.165) is 10.9 Å². The van der Waals surface area contributed by atoms with Gasteiger partial charge in [0.05, 0.1) is 29.9 Å². The summed E-state index contributed by atoms with van der Waals surface area (Å²) in [5.74, 6) is 0.126. The van der Waals surface area contributed by atoms with Crippen LogP contribution in [0.1, 0.15) is 46.5 Å². The number of aryl methyl sites for hydroxylation is 1. The number of pyridine rings is 1. The largest absolute Gasteiger partial charge is 0.368 e. The van der Waals surface area contributed by atoms with E-state index in [1.165, 1.54) is 0 Å². The summed E-state index contributed by atoms with van der Waals surface area (Å²) < 4.78 is 7.53. The number of para-hydroxylation sites is 1. The van der Waals surface area contributed by atoms with Gasteiger partial charge in [-0.25, -0.2) is 4.98 Å². The first-order chi connectivity index (χ1) is 14.9. The zero-order valence-corrected chi connectivity index (χ0v) is 18.0. The molecule has 3 aromatic rings. The highest BCUT2D eigenvalue weighted by atomic mass is 16.5. The molecule has 0 bridgehead atoms. The smallest absolute Gasteiger partial charge is 0.272 e. The topological polar surface area (TPSA) is 89.4 Å². The molecule has 1 atom stereocenters. The minimum Gasteiger partial charge on any atom is -0.368 e. The van der Waals surface area contributed by atoms with Crippen molar-refractivity contribution in [2.24, 2.45) is 13.0 Å². The number of nitrogens with one attached hydrogen (secondary N) is 1. The number of benzene rings is 1. The van der Waals surface area contributed by atoms with Gasteiger partial charge in [-0.3, -0.25) is 14.3 Å². The van der Waals surface area contributed by atoms with E-state index in [1.54, 1.807) is 35.0 Å². The highest BCUT2D eigenvalue weighted by molar-refractivity contribution is 6.06. The minimum atomic E-state index is -0.410. The molecule has 4 rings (SSSR count). The fourth-order valence-corrected chi connectivity index (χ4v) is 3.70. The van der Waals surface area contributed by atoms with Crippen LogP contribution in [-0.2, 0) is 11.8 Å². The average molecular weight is 422 g/mol. The number of hydrogen-bond acceptors (Lipinski definition) is 5. The number of nitrogens with zero attached hydrogens (tertiary/aromatic N) is 4. The monoisotopic (exact) mass is 421 g/mol. The van der Waals surface area contributed by atoms with Crippen LogP contribution in [-0.4, -0.2) is 57.7 Å². The zero-order valence-electron chi connectivity index (χ0n) is 18.0. The van der Waals surface area contributed by atoms with Crippen LogP contribution in [0.25, 0.3) is 10.9 Å². The molecule has 0 aliphatic carbocycles. The summed E-state index contributed by atoms with van der Waals surface area (Å²) in [6.07, 6.45) is 1.20. The Morgan fingerprint density at radius 2 is 2.06 bits per heavy atom. The Kier molecular flexibility index (Phi) is 5.99. The first-order valence-electron chi connectivity index (χ1n) is 10.5. The minimum absolute atomic E-state index is 0.0935. The van der Waals surface area contributed by atoms with Gasteiger partial charge in [-0.1, -0.05) is 32.0 Å². The second-order valence-electron chi connectivity index (χ2n) is 8.17. The molecule has 1 aliphatic heterocycles. The molecule has 1 aliphatic rings. The Morgan fingerprint density at radius 3 is 2.81 bits per heavy atom. The molecule has 1 fully saturated rings. The van der Waals surface area contributed by atoms with Crippen LogP contribution in [0, 0.1) is 5.92 Å². The number of fused-ring (bicyclic) bond motifs is 1. The fourth-order valence-electron chi connectivity index (χ4n) is 3.70. The van der Waals surface area contributed by atoms with Gasteiger partial charge in [-0.2, -0.15) is 5.10 Å². The van der Waals surface area contributed by atoms with E-state index in [1.807, 2.05) is 24.3 Å². The molecule has 8 heteroatoms. The Bertz CT molecular complexity index is 1110. The Morgan fingerprint density at radius 1 is 1.26 bits per heavy atom. The zero-order chi connectivity index (χ0) is 22.0. The van der Waals surface area contributed by atoms with Gasteiger partial charge < -0.3 is 15.0 Å². The van der Waals surface area contributed by atoms with Crippen LogP contribution < -0.4 is 5.32 Å². The van der Waals surface area contributed by atoms with Gasteiger partial charge in [0.1, 0.15) is 11.8 Å². The maximum Gasteiger partial charge on any atom is 0.272 e. The van der Waals surface area contributed by atoms with Crippen LogP contribution in [0.5, 0.6) is 0 Å². The number of rotatable bonds is 5. The van der Waals surface area contributed by atoms with E-state index >= 15 is 0 Å². The molecule has 2 aromatic heterocycles. The van der Waals surface area contributed by atoms with Crippen LogP contribution in [0.3, 0.4) is 0 Å². The van der Waals surface area contributed by atoms with Gasteiger partial charge in [0.2, 0.25) is 0 Å². The van der Waals surface area contributed by atoms with Crippen LogP contribution >= 0.6 is 0 Å². The lowest BCUT2D eigenvalue weighted by Gasteiger charge is -2.33. The van der Waals surface area contributed by atoms with E-state index in [-0.39, 0.29) is 11.8 Å². The number of ether oxygens (including phenoxy) is 1. The maximum atomic E-state index is 12.9. The molecule has 2 amide bonds. The number of amides is 2. The maximum absolute atomic E-state index is 12.9. The van der Waals surface area contributed by atoms with Gasteiger partial charge in [-0.05, 0) is 24.1 Å². The molecule has 1 aromatic carbocycles. The van der Waals surface area contributed by atoms with Crippen molar-refractivity contribution < 1.29 is 14.3 Å². The molecule has 1 saturated heterocycles. The summed E-state index contributed by atoms with van der Waals surface area (Å²) in [6, 6.07) is 11.1. The highest BCUT2D eigenvalue weighted by Gasteiger charge is 2.29. The van der Waals surface area contributed by atoms with Crippen LogP contribution in [0.2, 0.25) is 0 Å². The second kappa shape index (κ2) is 8.85. The first-order valence-corrected chi connectivity index (χ1v) is 10.5. The second-order valence-corrected chi connectivity index (χ2v) is 8.17. The van der Waals surface area contributed by atoms with E-state index in [0.29, 0.717) is 49.1 Å². The lowest BCUT2D eigenvalue weighted by molar-refractivity contribution is -0.0249. The molecule has 3 heterocycles. The van der Waals surface area contributed by atoms with E-state index in [9.17, 15) is 9.59 Å². The van der Waals surface area contributed by atoms with Crippen molar-refractivity contribution in [1.82, 2.24) is 25.0 Å². The standard InChI is InChI=1S/C23H27N5O3/c1-15(2)13-24-22(29)17-12-19(26-18-7-5-4-6-16(17)18)21-14-28(10-11-31-21)23(30)20-8-9-25-27(20)3/h4-9,12,15,21H,10-11,13-14H2,1-3H3,(H,24,29)/t21-/m1/s1. The van der Waals surface area contributed by atoms with Crippen molar-refractivity contribution in [3.8, 4) is 0 Å². The molecular weight excluding hydrogens is 394 g/mol. The van der Waals surface area contributed by atoms with Crippen molar-refractivity contribution in [1.29, 1.82) is 0 Å². The highest BCUT2D eigenvalue weighted by Crippen LogP contribution is 2.26. The van der Waals surface area contributed by atoms with Crippen LogP contribution in [0.4, 0.5) is 0 Å². The third kappa shape index (κ3) is 4.44. The summed E-state index contributed by atoms with van der Waals surface area (Å²) >= 11 is 0. The molecule has 0 spiro atoms. The number of carbonyl (C=O) groups is 2. The molecule has 0 saturated carbocycles. The number of aromatic nitrogens is 3. The SMILES string of the molecule is CC(C)CNC(=O)c1cc([C@H]2CN(C(=O)c3ccnn3C)CCO2)nc2ccccc12. The average Bonchev–Trinajstić information content (AvgIpc) is 3.22. The summed E-state index contributed by atoms with van der Waals surface area (Å²) in [5, 5.41) is 7.87. The molecular formula is C23H27N5O3. The third-order valence-corrected chi connectivity index (χ3v) is 5.38. The van der Waals surface area contributed by atoms with Gasteiger partial charge in [0.25, 0.3) is 11.8 Å². The first kappa shape index (κ1) is 21.0. The van der Waals surface area contributed by atoms with Crippen molar-refractivity contribution in [2.45, 2.75) is 20.0 Å². The quantitative estimate of drug-likeness (QED) is 0.684. The van der Waals surface area contributed by atoms with Crippen molar-refractivity contribution >= 4 is 22.7 Å². The van der Waals surface area contributed by atoms with Crippen molar-refractivity contribution in [2.75, 3.05) is 26.2 Å². The normalized spacial score (nSPS) is 16.6. The fraction of sp³-hybridized carbons (Fsp3) is 0.391. The molecule has 0 radical (unpaired) electrons. The molecule has 1 N–H and O–H groups in total. The van der Waals surface area contributed by atoms with Crippen LogP contribution in [0.15, 0.2) is 42.6 Å². The van der Waals surface area contributed by atoms with Gasteiger partial charge in [0, 0.05) is 31.7 Å². The van der Waals surface area contributed by atoms with Gasteiger partial charge >= 0.3 is 0 Å². The number of hydrogen-bond donors (Lipinski definition) is 1. The summed E-state index contributed by atoms with van der Waals surface area (Å²) in [7, 11) is 1.75. The molecule has 162 valence electrons. The lowest BCUT2D eigenvalue weighted by atomic mass is 10.0. The third-order valence-electron chi connectivity index (χ3n) is 5.38. The summed E-state index contributed by atoms with van der Waals surface area (Å²) in [4.78, 5) is 32.3. The number of morpholine rings is 1. The van der Waals surface area contributed by atoms with Gasteiger partial charge in [-0.15, -0.1) is 0 Å². The predicted octanol–water partition coefficient (Wildman–Crippen LogP) is 2.57.